The van der Waals surface area contributed by atoms with E-state index in [4.69, 9.17) is 0 Å². The molecule has 1 aliphatic carbocycles. The standard InChI is InChI=1S/C10H14O2/c1-3-8-4-5-10(12)9(6-8)7(2)11/h5-6,8,12H,3-4H2,1-2H3. The van der Waals surface area contributed by atoms with Crippen LogP contribution in [-0.2, 0) is 4.79 Å². The number of ketones is 1. The molecule has 66 valence electrons. The van der Waals surface area contributed by atoms with Crippen molar-refractivity contribution in [3.8, 4) is 0 Å². The van der Waals surface area contributed by atoms with Gasteiger partial charge in [-0.05, 0) is 31.8 Å². The highest BCUT2D eigenvalue weighted by Crippen LogP contribution is 2.23. The third-order valence-electron chi connectivity index (χ3n) is 2.20. The molecular weight excluding hydrogens is 152 g/mol. The number of carbonyl (C=O) groups is 1. The lowest BCUT2D eigenvalue weighted by molar-refractivity contribution is -0.113. The van der Waals surface area contributed by atoms with Gasteiger partial charge < -0.3 is 5.11 Å². The van der Waals surface area contributed by atoms with Gasteiger partial charge in [-0.3, -0.25) is 4.79 Å². The Morgan fingerprint density at radius 1 is 1.75 bits per heavy atom. The number of carbonyl (C=O) groups excluding carboxylic acids is 1. The van der Waals surface area contributed by atoms with Crippen LogP contribution in [0.3, 0.4) is 0 Å². The zero-order chi connectivity index (χ0) is 9.14. The SMILES string of the molecule is CCC1C=C(C(C)=O)C(O)=CC1. The fraction of sp³-hybridized carbons (Fsp3) is 0.500. The molecule has 0 aliphatic heterocycles. The Labute approximate surface area is 72.6 Å². The van der Waals surface area contributed by atoms with Crippen molar-refractivity contribution in [2.75, 3.05) is 0 Å². The molecule has 12 heavy (non-hydrogen) atoms. The van der Waals surface area contributed by atoms with Gasteiger partial charge in [0.25, 0.3) is 0 Å². The van der Waals surface area contributed by atoms with Gasteiger partial charge >= 0.3 is 0 Å². The Hall–Kier alpha value is -1.05. The first kappa shape index (κ1) is 9.04. The monoisotopic (exact) mass is 166 g/mol. The van der Waals surface area contributed by atoms with Crippen LogP contribution >= 0.6 is 0 Å². The van der Waals surface area contributed by atoms with Crippen LogP contribution in [0.15, 0.2) is 23.5 Å². The van der Waals surface area contributed by atoms with Gasteiger partial charge in [0.05, 0.1) is 5.57 Å². The predicted molar refractivity (Wildman–Crippen MR) is 47.9 cm³/mol. The molecule has 0 aromatic rings. The lowest BCUT2D eigenvalue weighted by Crippen LogP contribution is -2.08. The van der Waals surface area contributed by atoms with E-state index >= 15 is 0 Å². The van der Waals surface area contributed by atoms with E-state index in [0.717, 1.165) is 12.8 Å². The van der Waals surface area contributed by atoms with Crippen molar-refractivity contribution in [2.45, 2.75) is 26.7 Å². The lowest BCUT2D eigenvalue weighted by atomic mass is 9.91. The van der Waals surface area contributed by atoms with E-state index in [9.17, 15) is 9.90 Å². The van der Waals surface area contributed by atoms with Gasteiger partial charge in [-0.2, -0.15) is 0 Å². The fourth-order valence-electron chi connectivity index (χ4n) is 1.34. The van der Waals surface area contributed by atoms with Crippen LogP contribution in [-0.4, -0.2) is 10.9 Å². The molecule has 0 radical (unpaired) electrons. The van der Waals surface area contributed by atoms with Gasteiger partial charge in [0.1, 0.15) is 5.76 Å². The average molecular weight is 166 g/mol. The quantitative estimate of drug-likeness (QED) is 0.683. The van der Waals surface area contributed by atoms with E-state index in [0.29, 0.717) is 11.5 Å². The zero-order valence-corrected chi connectivity index (χ0v) is 7.50. The fourth-order valence-corrected chi connectivity index (χ4v) is 1.34. The molecule has 2 heteroatoms. The molecule has 1 unspecified atom stereocenters. The molecule has 0 aromatic heterocycles. The molecule has 0 fully saturated rings. The molecule has 2 nitrogen and oxygen atoms in total. The lowest BCUT2D eigenvalue weighted by Gasteiger charge is -2.15. The normalized spacial score (nSPS) is 23.0. The summed E-state index contributed by atoms with van der Waals surface area (Å²) in [6.45, 7) is 3.56. The second-order valence-corrected chi connectivity index (χ2v) is 3.13. The number of allylic oxidation sites excluding steroid dienone is 3. The van der Waals surface area contributed by atoms with Crippen molar-refractivity contribution in [1.82, 2.24) is 0 Å². The van der Waals surface area contributed by atoms with Gasteiger partial charge in [-0.1, -0.05) is 13.0 Å². The summed E-state index contributed by atoms with van der Waals surface area (Å²) < 4.78 is 0. The number of Topliss-reactive ketones (excluding diaryl/α,β-unsaturated/α-hetero) is 1. The Kier molecular flexibility index (Phi) is 2.69. The van der Waals surface area contributed by atoms with Crippen LogP contribution in [0.2, 0.25) is 0 Å². The Morgan fingerprint density at radius 3 is 2.92 bits per heavy atom. The summed E-state index contributed by atoms with van der Waals surface area (Å²) in [6.07, 6.45) is 5.46. The maximum absolute atomic E-state index is 11.0. The minimum Gasteiger partial charge on any atom is -0.508 e. The minimum atomic E-state index is -0.0538. The van der Waals surface area contributed by atoms with Crippen LogP contribution in [0.5, 0.6) is 0 Å². The molecule has 0 heterocycles. The first-order valence-electron chi connectivity index (χ1n) is 4.27. The van der Waals surface area contributed by atoms with Gasteiger partial charge in [-0.25, -0.2) is 0 Å². The van der Waals surface area contributed by atoms with Gasteiger partial charge in [-0.15, -0.1) is 0 Å². The summed E-state index contributed by atoms with van der Waals surface area (Å²) in [5.74, 6) is 0.508. The van der Waals surface area contributed by atoms with Crippen LogP contribution in [0, 0.1) is 5.92 Å². The summed E-state index contributed by atoms with van der Waals surface area (Å²) in [5.41, 5.74) is 0.480. The van der Waals surface area contributed by atoms with Crippen molar-refractivity contribution < 1.29 is 9.90 Å². The summed E-state index contributed by atoms with van der Waals surface area (Å²) in [6, 6.07) is 0. The van der Waals surface area contributed by atoms with Gasteiger partial charge in [0, 0.05) is 0 Å². The number of hydrogen-bond donors (Lipinski definition) is 1. The maximum Gasteiger partial charge on any atom is 0.163 e. The van der Waals surface area contributed by atoms with E-state index in [-0.39, 0.29) is 11.5 Å². The van der Waals surface area contributed by atoms with Gasteiger partial charge in [0.2, 0.25) is 0 Å². The predicted octanol–water partition coefficient (Wildman–Crippen LogP) is 2.37. The maximum atomic E-state index is 11.0. The van der Waals surface area contributed by atoms with E-state index < -0.39 is 0 Å². The smallest absolute Gasteiger partial charge is 0.163 e. The summed E-state index contributed by atoms with van der Waals surface area (Å²) in [7, 11) is 0. The Bertz CT molecular complexity index is 249. The molecule has 1 rings (SSSR count). The molecule has 0 saturated heterocycles. The van der Waals surface area contributed by atoms with Crippen molar-refractivity contribution in [3.63, 3.8) is 0 Å². The van der Waals surface area contributed by atoms with Gasteiger partial charge in [0.15, 0.2) is 5.78 Å². The van der Waals surface area contributed by atoms with Crippen LogP contribution in [0.4, 0.5) is 0 Å². The van der Waals surface area contributed by atoms with Crippen LogP contribution < -0.4 is 0 Å². The highest BCUT2D eigenvalue weighted by molar-refractivity contribution is 5.97. The number of aliphatic hydroxyl groups is 1. The molecule has 1 atom stereocenters. The first-order chi connectivity index (χ1) is 5.65. The van der Waals surface area contributed by atoms with E-state index in [1.165, 1.54) is 6.92 Å². The Morgan fingerprint density at radius 2 is 2.42 bits per heavy atom. The second kappa shape index (κ2) is 3.57. The van der Waals surface area contributed by atoms with Crippen molar-refractivity contribution in [3.05, 3.63) is 23.5 Å². The van der Waals surface area contributed by atoms with E-state index in [2.05, 4.69) is 6.92 Å². The topological polar surface area (TPSA) is 37.3 Å². The van der Waals surface area contributed by atoms with E-state index in [1.807, 2.05) is 6.08 Å². The largest absolute Gasteiger partial charge is 0.508 e. The summed E-state index contributed by atoms with van der Waals surface area (Å²) >= 11 is 0. The summed E-state index contributed by atoms with van der Waals surface area (Å²) in [5, 5.41) is 9.32. The summed E-state index contributed by atoms with van der Waals surface area (Å²) in [4.78, 5) is 11.0. The second-order valence-electron chi connectivity index (χ2n) is 3.13. The molecule has 0 bridgehead atoms. The minimum absolute atomic E-state index is 0.0538. The molecule has 0 amide bonds. The van der Waals surface area contributed by atoms with Crippen molar-refractivity contribution >= 4 is 5.78 Å². The Balaban J connectivity index is 2.85. The highest BCUT2D eigenvalue weighted by Gasteiger charge is 2.16. The number of aliphatic hydroxyl groups excluding tert-OH is 1. The first-order valence-corrected chi connectivity index (χ1v) is 4.27. The molecular formula is C10H14O2. The molecule has 1 N–H and O–H groups in total. The third kappa shape index (κ3) is 1.76. The number of rotatable bonds is 2. The van der Waals surface area contributed by atoms with Crippen LogP contribution in [0.1, 0.15) is 26.7 Å². The molecule has 0 saturated carbocycles. The third-order valence-corrected chi connectivity index (χ3v) is 2.20. The zero-order valence-electron chi connectivity index (χ0n) is 7.50. The average Bonchev–Trinajstić information content (AvgIpc) is 2.05. The van der Waals surface area contributed by atoms with E-state index in [1.54, 1.807) is 6.08 Å². The van der Waals surface area contributed by atoms with Crippen molar-refractivity contribution in [2.24, 2.45) is 5.92 Å². The highest BCUT2D eigenvalue weighted by atomic mass is 16.3. The molecule has 0 aromatic carbocycles. The molecule has 1 aliphatic rings. The van der Waals surface area contributed by atoms with Crippen LogP contribution in [0.25, 0.3) is 0 Å². The molecule has 0 spiro atoms. The number of hydrogen-bond acceptors (Lipinski definition) is 2. The van der Waals surface area contributed by atoms with Crippen molar-refractivity contribution in [1.29, 1.82) is 0 Å².